The molecule has 136 valence electrons. The number of aromatic amines is 1. The smallest absolute Gasteiger partial charge is 0.276 e. The number of hydrogen-bond donors (Lipinski definition) is 3. The van der Waals surface area contributed by atoms with E-state index in [1.807, 2.05) is 13.8 Å². The maximum atomic E-state index is 12.6. The van der Waals surface area contributed by atoms with Crippen LogP contribution < -0.4 is 10.9 Å². The number of aromatic nitrogens is 3. The van der Waals surface area contributed by atoms with Gasteiger partial charge in [0, 0.05) is 31.3 Å². The SMILES string of the molecule is Cc1nc2[nH]n(C)c(=O)c2c(C)c1CC(=O)NC1CCCCC1CO. The van der Waals surface area contributed by atoms with E-state index in [0.717, 1.165) is 42.5 Å². The lowest BCUT2D eigenvalue weighted by Gasteiger charge is -2.31. The van der Waals surface area contributed by atoms with Crippen LogP contribution >= 0.6 is 0 Å². The van der Waals surface area contributed by atoms with E-state index in [1.165, 1.54) is 4.68 Å². The highest BCUT2D eigenvalue weighted by atomic mass is 16.3. The molecule has 2 unspecified atom stereocenters. The van der Waals surface area contributed by atoms with Crippen LogP contribution in [0.1, 0.15) is 42.5 Å². The van der Waals surface area contributed by atoms with Crippen LogP contribution in [-0.2, 0) is 18.3 Å². The van der Waals surface area contributed by atoms with E-state index < -0.39 is 0 Å². The Kier molecular flexibility index (Phi) is 4.94. The monoisotopic (exact) mass is 346 g/mol. The van der Waals surface area contributed by atoms with E-state index in [1.54, 1.807) is 7.05 Å². The number of pyridine rings is 1. The van der Waals surface area contributed by atoms with Crippen molar-refractivity contribution in [3.63, 3.8) is 0 Å². The Morgan fingerprint density at radius 3 is 2.80 bits per heavy atom. The van der Waals surface area contributed by atoms with Crippen molar-refractivity contribution in [3.05, 3.63) is 27.2 Å². The number of rotatable bonds is 4. The highest BCUT2D eigenvalue weighted by Gasteiger charge is 2.26. The fraction of sp³-hybridized carbons (Fsp3) is 0.611. The van der Waals surface area contributed by atoms with E-state index in [4.69, 9.17) is 0 Å². The summed E-state index contributed by atoms with van der Waals surface area (Å²) >= 11 is 0. The predicted molar refractivity (Wildman–Crippen MR) is 95.5 cm³/mol. The molecule has 2 aromatic rings. The molecule has 0 spiro atoms. The standard InChI is InChI=1S/C18H26N4O3/c1-10-13(11(2)19-17-16(10)18(25)22(3)21-17)8-15(24)20-14-7-5-4-6-12(14)9-23/h12,14,23H,4-9H2,1-3H3,(H,19,21)(H,20,24). The number of amides is 1. The molecule has 0 radical (unpaired) electrons. The molecular weight excluding hydrogens is 320 g/mol. The minimum absolute atomic E-state index is 0.0312. The van der Waals surface area contributed by atoms with Crippen LogP contribution in [0.25, 0.3) is 11.0 Å². The fourth-order valence-corrected chi connectivity index (χ4v) is 3.91. The van der Waals surface area contributed by atoms with Gasteiger partial charge in [0.05, 0.1) is 11.8 Å². The molecule has 25 heavy (non-hydrogen) atoms. The van der Waals surface area contributed by atoms with Crippen molar-refractivity contribution in [3.8, 4) is 0 Å². The van der Waals surface area contributed by atoms with Gasteiger partial charge in [0.25, 0.3) is 5.56 Å². The van der Waals surface area contributed by atoms with Gasteiger partial charge in [-0.25, -0.2) is 4.98 Å². The number of carbonyl (C=O) groups is 1. The summed E-state index contributed by atoms with van der Waals surface area (Å²) in [6, 6.07) is 0.0312. The Balaban J connectivity index is 1.83. The normalized spacial score (nSPS) is 20.8. The number of carbonyl (C=O) groups excluding carboxylic acids is 1. The molecule has 7 nitrogen and oxygen atoms in total. The van der Waals surface area contributed by atoms with Crippen LogP contribution in [-0.4, -0.2) is 38.4 Å². The predicted octanol–water partition coefficient (Wildman–Crippen LogP) is 1.09. The number of nitrogens with zero attached hydrogens (tertiary/aromatic N) is 2. The number of nitrogens with one attached hydrogen (secondary N) is 2. The Bertz CT molecular complexity index is 852. The van der Waals surface area contributed by atoms with Gasteiger partial charge in [0.15, 0.2) is 5.65 Å². The van der Waals surface area contributed by atoms with E-state index in [-0.39, 0.29) is 36.5 Å². The number of H-pyrrole nitrogens is 1. The average molecular weight is 346 g/mol. The first kappa shape index (κ1) is 17.7. The molecule has 7 heteroatoms. The summed E-state index contributed by atoms with van der Waals surface area (Å²) < 4.78 is 1.40. The van der Waals surface area contributed by atoms with Gasteiger partial charge in [-0.3, -0.25) is 19.4 Å². The van der Waals surface area contributed by atoms with E-state index in [9.17, 15) is 14.7 Å². The molecule has 1 saturated carbocycles. The molecule has 0 saturated heterocycles. The first-order valence-corrected chi connectivity index (χ1v) is 8.87. The summed E-state index contributed by atoms with van der Waals surface area (Å²) in [5.74, 6) is 0.0579. The summed E-state index contributed by atoms with van der Waals surface area (Å²) in [6.07, 6.45) is 4.24. The second-order valence-corrected chi connectivity index (χ2v) is 7.08. The molecule has 2 heterocycles. The highest BCUT2D eigenvalue weighted by molar-refractivity contribution is 5.84. The molecule has 0 aliphatic heterocycles. The van der Waals surface area contributed by atoms with Crippen molar-refractivity contribution < 1.29 is 9.90 Å². The van der Waals surface area contributed by atoms with Crippen molar-refractivity contribution in [2.24, 2.45) is 13.0 Å². The van der Waals surface area contributed by atoms with Crippen molar-refractivity contribution in [1.82, 2.24) is 20.1 Å². The lowest BCUT2D eigenvalue weighted by Crippen LogP contribution is -2.44. The zero-order chi connectivity index (χ0) is 18.1. The van der Waals surface area contributed by atoms with E-state index in [0.29, 0.717) is 11.0 Å². The molecule has 0 bridgehead atoms. The molecule has 2 atom stereocenters. The summed E-state index contributed by atoms with van der Waals surface area (Å²) in [6.45, 7) is 3.83. The van der Waals surface area contributed by atoms with Gasteiger partial charge in [-0.1, -0.05) is 12.8 Å². The summed E-state index contributed by atoms with van der Waals surface area (Å²) in [5, 5.41) is 16.1. The average Bonchev–Trinajstić information content (AvgIpc) is 2.86. The fourth-order valence-electron chi connectivity index (χ4n) is 3.91. The third-order valence-electron chi connectivity index (χ3n) is 5.40. The van der Waals surface area contributed by atoms with Crippen molar-refractivity contribution in [1.29, 1.82) is 0 Å². The minimum atomic E-state index is -0.130. The molecule has 2 aromatic heterocycles. The summed E-state index contributed by atoms with van der Waals surface area (Å²) in [4.78, 5) is 29.3. The molecule has 1 aliphatic carbocycles. The topological polar surface area (TPSA) is 100 Å². The zero-order valence-corrected chi connectivity index (χ0v) is 15.1. The van der Waals surface area contributed by atoms with Gasteiger partial charge < -0.3 is 10.4 Å². The quantitative estimate of drug-likeness (QED) is 0.771. The molecule has 1 fully saturated rings. The van der Waals surface area contributed by atoms with Gasteiger partial charge >= 0.3 is 0 Å². The maximum Gasteiger partial charge on any atom is 0.276 e. The third-order valence-corrected chi connectivity index (χ3v) is 5.40. The van der Waals surface area contributed by atoms with Crippen LogP contribution in [0.3, 0.4) is 0 Å². The van der Waals surface area contributed by atoms with Crippen LogP contribution in [0.2, 0.25) is 0 Å². The zero-order valence-electron chi connectivity index (χ0n) is 15.1. The Hall–Kier alpha value is -2.15. The second-order valence-electron chi connectivity index (χ2n) is 7.08. The van der Waals surface area contributed by atoms with E-state index in [2.05, 4.69) is 15.4 Å². The minimum Gasteiger partial charge on any atom is -0.396 e. The number of fused-ring (bicyclic) bond motifs is 1. The first-order chi connectivity index (χ1) is 11.9. The summed E-state index contributed by atoms with van der Waals surface area (Å²) in [7, 11) is 1.66. The lowest BCUT2D eigenvalue weighted by atomic mass is 9.85. The molecule has 3 rings (SSSR count). The van der Waals surface area contributed by atoms with Crippen molar-refractivity contribution in [2.45, 2.75) is 52.0 Å². The number of aliphatic hydroxyl groups excluding tert-OH is 1. The Morgan fingerprint density at radius 1 is 1.36 bits per heavy atom. The number of aliphatic hydroxyl groups is 1. The lowest BCUT2D eigenvalue weighted by molar-refractivity contribution is -0.121. The maximum absolute atomic E-state index is 12.6. The second kappa shape index (κ2) is 7.00. The first-order valence-electron chi connectivity index (χ1n) is 8.87. The van der Waals surface area contributed by atoms with Crippen molar-refractivity contribution >= 4 is 16.9 Å². The Labute approximate surface area is 146 Å². The van der Waals surface area contributed by atoms with Crippen molar-refractivity contribution in [2.75, 3.05) is 6.61 Å². The summed E-state index contributed by atoms with van der Waals surface area (Å²) in [5.41, 5.74) is 2.79. The van der Waals surface area contributed by atoms with Crippen LogP contribution in [0, 0.1) is 19.8 Å². The van der Waals surface area contributed by atoms with Crippen LogP contribution in [0.15, 0.2) is 4.79 Å². The van der Waals surface area contributed by atoms with Gasteiger partial charge in [-0.2, -0.15) is 0 Å². The third kappa shape index (κ3) is 3.33. The van der Waals surface area contributed by atoms with Gasteiger partial charge in [-0.15, -0.1) is 0 Å². The van der Waals surface area contributed by atoms with Gasteiger partial charge in [-0.05, 0) is 37.8 Å². The molecule has 1 aliphatic rings. The van der Waals surface area contributed by atoms with Gasteiger partial charge in [0.1, 0.15) is 0 Å². The molecule has 3 N–H and O–H groups in total. The van der Waals surface area contributed by atoms with E-state index >= 15 is 0 Å². The number of hydrogen-bond acceptors (Lipinski definition) is 4. The largest absolute Gasteiger partial charge is 0.396 e. The highest BCUT2D eigenvalue weighted by Crippen LogP contribution is 2.24. The van der Waals surface area contributed by atoms with Crippen LogP contribution in [0.5, 0.6) is 0 Å². The number of aryl methyl sites for hydroxylation is 3. The molecular formula is C18H26N4O3. The Morgan fingerprint density at radius 2 is 2.08 bits per heavy atom. The molecule has 1 amide bonds. The van der Waals surface area contributed by atoms with Crippen LogP contribution in [0.4, 0.5) is 0 Å². The van der Waals surface area contributed by atoms with Gasteiger partial charge in [0.2, 0.25) is 5.91 Å². The molecule has 0 aromatic carbocycles.